The Bertz CT molecular complexity index is 192. The number of hydrogen-bond acceptors (Lipinski definition) is 2. The summed E-state index contributed by atoms with van der Waals surface area (Å²) in [6.45, 7) is 12.2. The number of rotatable bonds is 2. The maximum absolute atomic E-state index is 3.91. The van der Waals surface area contributed by atoms with Gasteiger partial charge in [-0.15, -0.1) is 0 Å². The number of allylic oxidation sites excluding steroid dienone is 1. The van der Waals surface area contributed by atoms with Crippen molar-refractivity contribution in [3.63, 3.8) is 0 Å². The van der Waals surface area contributed by atoms with E-state index < -0.39 is 0 Å². The summed E-state index contributed by atoms with van der Waals surface area (Å²) < 4.78 is 0. The van der Waals surface area contributed by atoms with E-state index in [0.717, 1.165) is 24.4 Å². The third kappa shape index (κ3) is 2.22. The molecule has 0 aromatic heterocycles. The van der Waals surface area contributed by atoms with Gasteiger partial charge < -0.3 is 4.90 Å². The topological polar surface area (TPSA) is 15.6 Å². The molecule has 0 radical (unpaired) electrons. The summed E-state index contributed by atoms with van der Waals surface area (Å²) in [5.74, 6) is 0. The van der Waals surface area contributed by atoms with Crippen LogP contribution in [0.5, 0.6) is 0 Å². The minimum atomic E-state index is 1.00. The monoisotopic (exact) mass is 166 g/mol. The lowest BCUT2D eigenvalue weighted by Crippen LogP contribution is -2.10. The summed E-state index contributed by atoms with van der Waals surface area (Å²) in [6.07, 6.45) is 2.83. The fraction of sp³-hybridized carbons (Fsp3) is 0.500. The molecule has 0 spiro atoms. The zero-order chi connectivity index (χ0) is 9.56. The van der Waals surface area contributed by atoms with Crippen LogP contribution in [0.25, 0.3) is 0 Å². The predicted octanol–water partition coefficient (Wildman–Crippen LogP) is 2.45. The van der Waals surface area contributed by atoms with Crippen molar-refractivity contribution in [1.29, 1.82) is 0 Å². The highest BCUT2D eigenvalue weighted by Gasteiger charge is 2.14. The third-order valence-corrected chi connectivity index (χ3v) is 1.78. The van der Waals surface area contributed by atoms with Gasteiger partial charge in [0, 0.05) is 20.0 Å². The standard InChI is InChI=1S/C8H12N2.C2H6/c1-4-8-7(9-2)5-6-10(8)3;1-2/h4H,1-2,5-6H2,3H3;1-2H3. The van der Waals surface area contributed by atoms with E-state index in [1.807, 2.05) is 27.0 Å². The van der Waals surface area contributed by atoms with Gasteiger partial charge in [-0.2, -0.15) is 0 Å². The molecule has 0 aromatic carbocycles. The fourth-order valence-electron chi connectivity index (χ4n) is 1.18. The molecule has 0 atom stereocenters. The van der Waals surface area contributed by atoms with Crippen molar-refractivity contribution in [2.45, 2.75) is 20.3 Å². The van der Waals surface area contributed by atoms with Crippen LogP contribution >= 0.6 is 0 Å². The molecule has 1 heterocycles. The fourth-order valence-corrected chi connectivity index (χ4v) is 1.18. The van der Waals surface area contributed by atoms with Gasteiger partial charge in [0.1, 0.15) is 0 Å². The molecule has 0 saturated heterocycles. The van der Waals surface area contributed by atoms with E-state index in [4.69, 9.17) is 0 Å². The average molecular weight is 166 g/mol. The quantitative estimate of drug-likeness (QED) is 0.575. The van der Waals surface area contributed by atoms with Crippen LogP contribution in [0.1, 0.15) is 20.3 Å². The lowest BCUT2D eigenvalue weighted by Gasteiger charge is -2.11. The average Bonchev–Trinajstić information content (AvgIpc) is 2.49. The van der Waals surface area contributed by atoms with Crippen molar-refractivity contribution in [3.05, 3.63) is 24.0 Å². The van der Waals surface area contributed by atoms with Crippen molar-refractivity contribution in [1.82, 2.24) is 4.90 Å². The molecule has 0 aliphatic carbocycles. The van der Waals surface area contributed by atoms with Crippen LogP contribution in [0.2, 0.25) is 0 Å². The molecule has 1 rings (SSSR count). The second-order valence-corrected chi connectivity index (χ2v) is 2.37. The highest BCUT2D eigenvalue weighted by atomic mass is 15.1. The van der Waals surface area contributed by atoms with Crippen LogP contribution in [0, 0.1) is 0 Å². The highest BCUT2D eigenvalue weighted by molar-refractivity contribution is 5.35. The summed E-state index contributed by atoms with van der Waals surface area (Å²) in [4.78, 5) is 6.04. The Morgan fingerprint density at radius 2 is 2.08 bits per heavy atom. The molecule has 0 amide bonds. The van der Waals surface area contributed by atoms with Crippen LogP contribution in [0.15, 0.2) is 29.0 Å². The van der Waals surface area contributed by atoms with E-state index >= 15 is 0 Å². The molecule has 2 heteroatoms. The maximum Gasteiger partial charge on any atom is 0.0646 e. The SMILES string of the molecule is C=CC1=C(N=C)CCN1C.CC. The highest BCUT2D eigenvalue weighted by Crippen LogP contribution is 2.21. The number of nitrogens with zero attached hydrogens (tertiary/aromatic N) is 2. The molecule has 0 saturated carbocycles. The first kappa shape index (κ1) is 11.0. The van der Waals surface area contributed by atoms with E-state index in [1.165, 1.54) is 0 Å². The van der Waals surface area contributed by atoms with Crippen molar-refractivity contribution in [3.8, 4) is 0 Å². The molecule has 2 nitrogen and oxygen atoms in total. The van der Waals surface area contributed by atoms with Crippen LogP contribution in [0.3, 0.4) is 0 Å². The molecule has 0 aromatic rings. The minimum absolute atomic E-state index is 1.00. The van der Waals surface area contributed by atoms with Gasteiger partial charge >= 0.3 is 0 Å². The molecule has 68 valence electrons. The second-order valence-electron chi connectivity index (χ2n) is 2.37. The van der Waals surface area contributed by atoms with Gasteiger partial charge in [-0.25, -0.2) is 0 Å². The first-order valence-electron chi connectivity index (χ1n) is 4.33. The molecule has 1 aliphatic rings. The van der Waals surface area contributed by atoms with Crippen molar-refractivity contribution < 1.29 is 0 Å². The predicted molar refractivity (Wildman–Crippen MR) is 55.4 cm³/mol. The Morgan fingerprint density at radius 1 is 1.50 bits per heavy atom. The van der Waals surface area contributed by atoms with Crippen LogP contribution in [0.4, 0.5) is 0 Å². The normalized spacial score (nSPS) is 15.4. The minimum Gasteiger partial charge on any atom is -0.373 e. The second kappa shape index (κ2) is 5.58. The van der Waals surface area contributed by atoms with Crippen molar-refractivity contribution in [2.75, 3.05) is 13.6 Å². The molecule has 0 N–H and O–H groups in total. The summed E-state index contributed by atoms with van der Waals surface area (Å²) in [7, 11) is 2.04. The first-order chi connectivity index (χ1) is 5.79. The van der Waals surface area contributed by atoms with Gasteiger partial charge in [0.05, 0.1) is 11.4 Å². The zero-order valence-electron chi connectivity index (χ0n) is 8.30. The molecule has 12 heavy (non-hydrogen) atoms. The summed E-state index contributed by atoms with van der Waals surface area (Å²) >= 11 is 0. The molecule has 0 bridgehead atoms. The van der Waals surface area contributed by atoms with E-state index in [9.17, 15) is 0 Å². The Labute approximate surface area is 75.3 Å². The Balaban J connectivity index is 0.000000561. The van der Waals surface area contributed by atoms with E-state index in [0.29, 0.717) is 0 Å². The van der Waals surface area contributed by atoms with Gasteiger partial charge in [-0.1, -0.05) is 20.4 Å². The van der Waals surface area contributed by atoms with Crippen molar-refractivity contribution >= 4 is 6.72 Å². The Morgan fingerprint density at radius 3 is 2.42 bits per heavy atom. The molecule has 1 aliphatic heterocycles. The van der Waals surface area contributed by atoms with Gasteiger partial charge in [0.25, 0.3) is 0 Å². The van der Waals surface area contributed by atoms with Crippen LogP contribution in [-0.4, -0.2) is 25.2 Å². The molecule has 0 unspecified atom stereocenters. The zero-order valence-corrected chi connectivity index (χ0v) is 8.30. The van der Waals surface area contributed by atoms with E-state index in [2.05, 4.69) is 23.2 Å². The lowest BCUT2D eigenvalue weighted by atomic mass is 10.3. The lowest BCUT2D eigenvalue weighted by molar-refractivity contribution is 0.472. The summed E-state index contributed by atoms with van der Waals surface area (Å²) in [5.41, 5.74) is 2.19. The summed E-state index contributed by atoms with van der Waals surface area (Å²) in [6, 6.07) is 0. The molecular weight excluding hydrogens is 148 g/mol. The van der Waals surface area contributed by atoms with Gasteiger partial charge in [0.2, 0.25) is 0 Å². The summed E-state index contributed by atoms with van der Waals surface area (Å²) in [5, 5.41) is 0. The van der Waals surface area contributed by atoms with E-state index in [1.54, 1.807) is 0 Å². The smallest absolute Gasteiger partial charge is 0.0646 e. The Hall–Kier alpha value is -1.05. The molecule has 0 fully saturated rings. The number of aliphatic imine (C=N–C) groups is 1. The van der Waals surface area contributed by atoms with Crippen molar-refractivity contribution in [2.24, 2.45) is 4.99 Å². The maximum atomic E-state index is 3.91. The molecular formula is C10H18N2. The largest absolute Gasteiger partial charge is 0.373 e. The van der Waals surface area contributed by atoms with Gasteiger partial charge in [0.15, 0.2) is 0 Å². The number of likely N-dealkylation sites (N-methyl/N-ethyl adjacent to an activating group) is 1. The van der Waals surface area contributed by atoms with Crippen LogP contribution < -0.4 is 0 Å². The number of hydrogen-bond donors (Lipinski definition) is 0. The van der Waals surface area contributed by atoms with Crippen LogP contribution in [-0.2, 0) is 0 Å². The Kier molecular flexibility index (Phi) is 5.09. The third-order valence-electron chi connectivity index (χ3n) is 1.78. The van der Waals surface area contributed by atoms with E-state index in [-0.39, 0.29) is 0 Å². The van der Waals surface area contributed by atoms with Gasteiger partial charge in [-0.05, 0) is 12.8 Å². The van der Waals surface area contributed by atoms with Gasteiger partial charge in [-0.3, -0.25) is 4.99 Å². The first-order valence-corrected chi connectivity index (χ1v) is 4.33.